The van der Waals surface area contributed by atoms with Crippen LogP contribution in [0.4, 0.5) is 0 Å². The SMILES string of the molecule is C=CCO[C@H]1[C@H]2OC(C)(C)O[C@H]2O[C@@H]1CO[C@H]1[C@H]2OC(C)(C)O[C@H]2O[C@@H]1COC. The van der Waals surface area contributed by atoms with E-state index in [1.165, 1.54) is 0 Å². The van der Waals surface area contributed by atoms with Crippen LogP contribution in [0.5, 0.6) is 0 Å². The van der Waals surface area contributed by atoms with Crippen molar-refractivity contribution < 1.29 is 42.6 Å². The van der Waals surface area contributed by atoms with Crippen molar-refractivity contribution >= 4 is 0 Å². The van der Waals surface area contributed by atoms with Crippen molar-refractivity contribution in [3.8, 4) is 0 Å². The maximum Gasteiger partial charge on any atom is 0.190 e. The maximum absolute atomic E-state index is 6.23. The van der Waals surface area contributed by atoms with Crippen LogP contribution in [0.15, 0.2) is 12.7 Å². The number of ether oxygens (including phenoxy) is 9. The van der Waals surface area contributed by atoms with Gasteiger partial charge in [0.05, 0.1) is 19.8 Å². The van der Waals surface area contributed by atoms with Gasteiger partial charge in [-0.3, -0.25) is 0 Å². The lowest BCUT2D eigenvalue weighted by atomic mass is 10.1. The van der Waals surface area contributed by atoms with Crippen LogP contribution in [0.25, 0.3) is 0 Å². The predicted molar refractivity (Wildman–Crippen MR) is 98.9 cm³/mol. The van der Waals surface area contributed by atoms with Gasteiger partial charge in [-0.05, 0) is 27.7 Å². The Bertz CT molecular complexity index is 595. The van der Waals surface area contributed by atoms with Gasteiger partial charge in [0.15, 0.2) is 24.2 Å². The topological polar surface area (TPSA) is 83.1 Å². The molecule has 9 heteroatoms. The van der Waals surface area contributed by atoms with E-state index in [9.17, 15) is 0 Å². The first-order valence-corrected chi connectivity index (χ1v) is 10.1. The van der Waals surface area contributed by atoms with Crippen molar-refractivity contribution in [1.82, 2.24) is 0 Å². The summed E-state index contributed by atoms with van der Waals surface area (Å²) >= 11 is 0. The third-order valence-electron chi connectivity index (χ3n) is 5.36. The molecule has 0 aromatic rings. The summed E-state index contributed by atoms with van der Waals surface area (Å²) in [5.74, 6) is -1.44. The van der Waals surface area contributed by atoms with Crippen molar-refractivity contribution in [3.63, 3.8) is 0 Å². The lowest BCUT2D eigenvalue weighted by molar-refractivity contribution is -0.236. The van der Waals surface area contributed by atoms with E-state index in [2.05, 4.69) is 6.58 Å². The molecule has 166 valence electrons. The maximum atomic E-state index is 6.23. The van der Waals surface area contributed by atoms with Crippen LogP contribution in [0.1, 0.15) is 27.7 Å². The summed E-state index contributed by atoms with van der Waals surface area (Å²) in [5.41, 5.74) is 0. The lowest BCUT2D eigenvalue weighted by Crippen LogP contribution is -2.43. The van der Waals surface area contributed by atoms with Crippen molar-refractivity contribution in [2.24, 2.45) is 0 Å². The molecule has 0 aliphatic carbocycles. The highest BCUT2D eigenvalue weighted by molar-refractivity contribution is 4.97. The Labute approximate surface area is 171 Å². The number of hydrogen-bond donors (Lipinski definition) is 0. The fraction of sp³-hybridized carbons (Fsp3) is 0.900. The third kappa shape index (κ3) is 4.39. The Kier molecular flexibility index (Phi) is 6.06. The van der Waals surface area contributed by atoms with Gasteiger partial charge in [0, 0.05) is 7.11 Å². The quantitative estimate of drug-likeness (QED) is 0.544. The fourth-order valence-electron chi connectivity index (χ4n) is 4.31. The van der Waals surface area contributed by atoms with Crippen LogP contribution < -0.4 is 0 Å². The molecule has 0 amide bonds. The molecule has 4 rings (SSSR count). The Morgan fingerprint density at radius 2 is 1.31 bits per heavy atom. The van der Waals surface area contributed by atoms with Gasteiger partial charge in [-0.2, -0.15) is 0 Å². The summed E-state index contributed by atoms with van der Waals surface area (Å²) in [5, 5.41) is 0. The molecule has 0 unspecified atom stereocenters. The van der Waals surface area contributed by atoms with E-state index in [-0.39, 0.29) is 43.2 Å². The lowest BCUT2D eigenvalue weighted by Gasteiger charge is -2.29. The average molecular weight is 416 g/mol. The summed E-state index contributed by atoms with van der Waals surface area (Å²) in [6, 6.07) is 0. The van der Waals surface area contributed by atoms with Crippen molar-refractivity contribution in [3.05, 3.63) is 12.7 Å². The minimum atomic E-state index is -0.723. The van der Waals surface area contributed by atoms with Gasteiger partial charge in [-0.1, -0.05) is 6.08 Å². The second kappa shape index (κ2) is 8.14. The second-order valence-electron chi connectivity index (χ2n) is 8.63. The smallest absolute Gasteiger partial charge is 0.190 e. The fourth-order valence-corrected chi connectivity index (χ4v) is 4.31. The highest BCUT2D eigenvalue weighted by Gasteiger charge is 2.58. The Morgan fingerprint density at radius 3 is 1.83 bits per heavy atom. The minimum Gasteiger partial charge on any atom is -0.382 e. The largest absolute Gasteiger partial charge is 0.382 e. The van der Waals surface area contributed by atoms with Gasteiger partial charge < -0.3 is 42.6 Å². The number of fused-ring (bicyclic) bond motifs is 2. The Balaban J connectivity index is 1.41. The first-order chi connectivity index (χ1) is 13.7. The molecule has 0 aromatic heterocycles. The summed E-state index contributed by atoms with van der Waals surface area (Å²) in [6.07, 6.45) is -1.32. The van der Waals surface area contributed by atoms with Crippen molar-refractivity contribution in [1.29, 1.82) is 0 Å². The van der Waals surface area contributed by atoms with E-state index in [1.54, 1.807) is 13.2 Å². The van der Waals surface area contributed by atoms with Crippen molar-refractivity contribution in [2.75, 3.05) is 26.9 Å². The highest BCUT2D eigenvalue weighted by Crippen LogP contribution is 2.41. The van der Waals surface area contributed by atoms with E-state index in [4.69, 9.17) is 42.6 Å². The molecule has 4 heterocycles. The summed E-state index contributed by atoms with van der Waals surface area (Å²) in [4.78, 5) is 0. The first kappa shape index (κ1) is 21.6. The number of methoxy groups -OCH3 is 1. The Hall–Kier alpha value is -0.620. The molecule has 0 aromatic carbocycles. The zero-order valence-electron chi connectivity index (χ0n) is 17.7. The molecule has 0 bridgehead atoms. The number of rotatable bonds is 8. The predicted octanol–water partition coefficient (Wildman–Crippen LogP) is 1.34. The van der Waals surface area contributed by atoms with Gasteiger partial charge in [0.1, 0.15) is 36.6 Å². The van der Waals surface area contributed by atoms with E-state index >= 15 is 0 Å². The monoisotopic (exact) mass is 416 g/mol. The standard InChI is InChI=1S/C20H32O9/c1-7-8-22-13-12(25-17-15(13)26-19(2,3)28-17)10-23-14-11(9-21-6)24-18-16(14)27-20(4,5)29-18/h7,11-18H,1,8-10H2,2-6H3/t11-,12-,13-,14-,15-,16-,17-,18-/m1/s1. The molecule has 9 nitrogen and oxygen atoms in total. The number of hydrogen-bond acceptors (Lipinski definition) is 9. The van der Waals surface area contributed by atoms with Gasteiger partial charge in [0.25, 0.3) is 0 Å². The van der Waals surface area contributed by atoms with E-state index < -0.39 is 24.2 Å². The van der Waals surface area contributed by atoms with Gasteiger partial charge in [0.2, 0.25) is 0 Å². The van der Waals surface area contributed by atoms with Crippen molar-refractivity contribution in [2.45, 2.75) is 88.5 Å². The van der Waals surface area contributed by atoms with E-state index in [1.807, 2.05) is 27.7 Å². The summed E-state index contributed by atoms with van der Waals surface area (Å²) in [6.45, 7) is 12.2. The van der Waals surface area contributed by atoms with Gasteiger partial charge >= 0.3 is 0 Å². The van der Waals surface area contributed by atoms with Crippen LogP contribution in [0.2, 0.25) is 0 Å². The average Bonchev–Trinajstić information content (AvgIpc) is 3.27. The molecule has 8 atom stereocenters. The van der Waals surface area contributed by atoms with Crippen LogP contribution in [-0.2, 0) is 42.6 Å². The highest BCUT2D eigenvalue weighted by atomic mass is 16.9. The van der Waals surface area contributed by atoms with Gasteiger partial charge in [-0.15, -0.1) is 6.58 Å². The normalized spacial score (nSPS) is 44.7. The molecular weight excluding hydrogens is 384 g/mol. The molecule has 0 spiro atoms. The van der Waals surface area contributed by atoms with Crippen LogP contribution in [0, 0.1) is 0 Å². The van der Waals surface area contributed by atoms with Crippen LogP contribution >= 0.6 is 0 Å². The summed E-state index contributed by atoms with van der Waals surface area (Å²) in [7, 11) is 1.62. The molecule has 0 saturated carbocycles. The molecule has 29 heavy (non-hydrogen) atoms. The zero-order valence-corrected chi connectivity index (χ0v) is 17.7. The molecule has 4 aliphatic rings. The van der Waals surface area contributed by atoms with E-state index in [0.29, 0.717) is 13.2 Å². The second-order valence-corrected chi connectivity index (χ2v) is 8.63. The first-order valence-electron chi connectivity index (χ1n) is 10.1. The van der Waals surface area contributed by atoms with Crippen LogP contribution in [0.3, 0.4) is 0 Å². The van der Waals surface area contributed by atoms with Gasteiger partial charge in [-0.25, -0.2) is 0 Å². The molecular formula is C20H32O9. The summed E-state index contributed by atoms with van der Waals surface area (Å²) < 4.78 is 53.1. The molecule has 4 aliphatic heterocycles. The Morgan fingerprint density at radius 1 is 0.793 bits per heavy atom. The zero-order chi connectivity index (χ0) is 20.8. The third-order valence-corrected chi connectivity index (χ3v) is 5.36. The molecule has 4 saturated heterocycles. The molecule has 4 fully saturated rings. The minimum absolute atomic E-state index is 0.267. The molecule has 0 N–H and O–H groups in total. The van der Waals surface area contributed by atoms with E-state index in [0.717, 1.165) is 0 Å². The van der Waals surface area contributed by atoms with Crippen LogP contribution in [-0.4, -0.2) is 87.7 Å². The molecule has 0 radical (unpaired) electrons.